The average Bonchev–Trinajstić information content (AvgIpc) is 2.81. The van der Waals surface area contributed by atoms with Crippen molar-refractivity contribution < 1.29 is 4.79 Å². The van der Waals surface area contributed by atoms with Gasteiger partial charge in [0.2, 0.25) is 0 Å². The zero-order chi connectivity index (χ0) is 12.6. The normalized spacial score (nSPS) is 24.4. The number of amides is 1. The van der Waals surface area contributed by atoms with E-state index in [1.54, 1.807) is 10.9 Å². The van der Waals surface area contributed by atoms with E-state index in [0.29, 0.717) is 18.0 Å². The van der Waals surface area contributed by atoms with Gasteiger partial charge in [0.15, 0.2) is 0 Å². The number of aromatic nitrogens is 2. The van der Waals surface area contributed by atoms with Crippen LogP contribution in [0.5, 0.6) is 0 Å². The molecule has 0 saturated carbocycles. The van der Waals surface area contributed by atoms with Gasteiger partial charge in [-0.2, -0.15) is 5.10 Å². The number of hydrogen-bond acceptors (Lipinski definition) is 3. The minimum atomic E-state index is 0.0825. The van der Waals surface area contributed by atoms with Crippen molar-refractivity contribution in [2.75, 3.05) is 13.1 Å². The Morgan fingerprint density at radius 1 is 1.65 bits per heavy atom. The van der Waals surface area contributed by atoms with Gasteiger partial charge < -0.3 is 10.6 Å². The monoisotopic (exact) mass is 236 g/mol. The van der Waals surface area contributed by atoms with Gasteiger partial charge in [-0.15, -0.1) is 0 Å². The van der Waals surface area contributed by atoms with E-state index in [4.69, 9.17) is 5.73 Å². The second-order valence-electron chi connectivity index (χ2n) is 4.95. The van der Waals surface area contributed by atoms with Crippen molar-refractivity contribution in [3.05, 3.63) is 17.5 Å². The minimum Gasteiger partial charge on any atom is -0.335 e. The lowest BCUT2D eigenvalue weighted by Gasteiger charge is -2.21. The summed E-state index contributed by atoms with van der Waals surface area (Å²) in [6, 6.07) is 0.274. The highest BCUT2D eigenvalue weighted by Crippen LogP contribution is 2.24. The predicted molar refractivity (Wildman–Crippen MR) is 65.6 cm³/mol. The highest BCUT2D eigenvalue weighted by Gasteiger charge is 2.33. The van der Waals surface area contributed by atoms with Crippen molar-refractivity contribution in [2.45, 2.75) is 26.3 Å². The lowest BCUT2D eigenvalue weighted by atomic mass is 10.1. The standard InChI is InChI=1S/C12H20N4O/c1-8-4-10(5-13)6-16(8)12(17)11-7-15(3)14-9(11)2/h7-8,10H,4-6,13H2,1-3H3. The maximum absolute atomic E-state index is 12.4. The molecular formula is C12H20N4O. The fourth-order valence-corrected chi connectivity index (χ4v) is 2.56. The zero-order valence-electron chi connectivity index (χ0n) is 10.7. The summed E-state index contributed by atoms with van der Waals surface area (Å²) in [6.45, 7) is 5.37. The number of hydrogen-bond donors (Lipinski definition) is 1. The number of likely N-dealkylation sites (tertiary alicyclic amines) is 1. The van der Waals surface area contributed by atoms with Gasteiger partial charge in [-0.1, -0.05) is 0 Å². The molecule has 0 aromatic carbocycles. The molecule has 1 aromatic rings. The third-order valence-electron chi connectivity index (χ3n) is 3.50. The van der Waals surface area contributed by atoms with Crippen LogP contribution in [0.2, 0.25) is 0 Å². The molecule has 2 rings (SSSR count). The van der Waals surface area contributed by atoms with Crippen LogP contribution in [-0.4, -0.2) is 39.7 Å². The molecule has 0 spiro atoms. The molecule has 2 unspecified atom stereocenters. The largest absolute Gasteiger partial charge is 0.335 e. The summed E-state index contributed by atoms with van der Waals surface area (Å²) in [5.74, 6) is 0.518. The van der Waals surface area contributed by atoms with E-state index in [0.717, 1.165) is 18.7 Å². The number of carbonyl (C=O) groups excluding carboxylic acids is 1. The predicted octanol–water partition coefficient (Wildman–Crippen LogP) is 0.538. The van der Waals surface area contributed by atoms with Gasteiger partial charge in [0.25, 0.3) is 5.91 Å². The molecule has 1 aromatic heterocycles. The first-order valence-corrected chi connectivity index (χ1v) is 6.04. The first kappa shape index (κ1) is 12.1. The SMILES string of the molecule is Cc1nn(C)cc1C(=O)N1CC(CN)CC1C. The Bertz CT molecular complexity index is 426. The van der Waals surface area contributed by atoms with Gasteiger partial charge in [0.05, 0.1) is 11.3 Å². The highest BCUT2D eigenvalue weighted by atomic mass is 16.2. The van der Waals surface area contributed by atoms with Crippen LogP contribution in [0.15, 0.2) is 6.20 Å². The summed E-state index contributed by atoms with van der Waals surface area (Å²) in [6.07, 6.45) is 2.79. The van der Waals surface area contributed by atoms with Crippen molar-refractivity contribution in [3.63, 3.8) is 0 Å². The Kier molecular flexibility index (Phi) is 3.19. The average molecular weight is 236 g/mol. The maximum atomic E-state index is 12.4. The fourth-order valence-electron chi connectivity index (χ4n) is 2.56. The number of aryl methyl sites for hydroxylation is 2. The Balaban J connectivity index is 2.18. The van der Waals surface area contributed by atoms with Crippen molar-refractivity contribution in [1.82, 2.24) is 14.7 Å². The number of rotatable bonds is 2. The molecule has 0 radical (unpaired) electrons. The van der Waals surface area contributed by atoms with Crippen molar-refractivity contribution in [1.29, 1.82) is 0 Å². The van der Waals surface area contributed by atoms with Gasteiger partial charge in [-0.25, -0.2) is 0 Å². The lowest BCUT2D eigenvalue weighted by molar-refractivity contribution is 0.0742. The molecule has 1 amide bonds. The molecule has 0 bridgehead atoms. The second kappa shape index (κ2) is 4.49. The number of nitrogens with two attached hydrogens (primary N) is 1. The first-order chi connectivity index (χ1) is 8.02. The molecule has 2 N–H and O–H groups in total. The molecular weight excluding hydrogens is 216 g/mol. The van der Waals surface area contributed by atoms with Crippen LogP contribution in [0.4, 0.5) is 0 Å². The molecule has 2 atom stereocenters. The second-order valence-corrected chi connectivity index (χ2v) is 4.95. The van der Waals surface area contributed by atoms with Gasteiger partial charge in [0.1, 0.15) is 0 Å². The van der Waals surface area contributed by atoms with Crippen LogP contribution in [0.1, 0.15) is 29.4 Å². The molecule has 0 aliphatic carbocycles. The van der Waals surface area contributed by atoms with Gasteiger partial charge in [0, 0.05) is 25.8 Å². The van der Waals surface area contributed by atoms with E-state index in [2.05, 4.69) is 12.0 Å². The smallest absolute Gasteiger partial charge is 0.257 e. The first-order valence-electron chi connectivity index (χ1n) is 6.04. The Hall–Kier alpha value is -1.36. The molecule has 5 nitrogen and oxygen atoms in total. The summed E-state index contributed by atoms with van der Waals surface area (Å²) < 4.78 is 1.68. The quantitative estimate of drug-likeness (QED) is 0.815. The maximum Gasteiger partial charge on any atom is 0.257 e. The summed E-state index contributed by atoms with van der Waals surface area (Å²) in [7, 11) is 1.83. The van der Waals surface area contributed by atoms with Crippen LogP contribution in [-0.2, 0) is 7.05 Å². The van der Waals surface area contributed by atoms with Gasteiger partial charge in [-0.05, 0) is 32.7 Å². The summed E-state index contributed by atoms with van der Waals surface area (Å²) in [4.78, 5) is 14.3. The molecule has 94 valence electrons. The topological polar surface area (TPSA) is 64.2 Å². The molecule has 1 fully saturated rings. The summed E-state index contributed by atoms with van der Waals surface area (Å²) in [5, 5.41) is 4.21. The van der Waals surface area contributed by atoms with Crippen LogP contribution in [0.25, 0.3) is 0 Å². The van der Waals surface area contributed by atoms with Crippen molar-refractivity contribution in [3.8, 4) is 0 Å². The van der Waals surface area contributed by atoms with E-state index in [1.807, 2.05) is 18.9 Å². The highest BCUT2D eigenvalue weighted by molar-refractivity contribution is 5.95. The molecule has 17 heavy (non-hydrogen) atoms. The molecule has 2 heterocycles. The van der Waals surface area contributed by atoms with E-state index >= 15 is 0 Å². The van der Waals surface area contributed by atoms with E-state index in [9.17, 15) is 4.79 Å². The molecule has 5 heteroatoms. The molecule has 1 aliphatic rings. The van der Waals surface area contributed by atoms with E-state index in [-0.39, 0.29) is 11.9 Å². The molecule has 1 saturated heterocycles. The van der Waals surface area contributed by atoms with Gasteiger partial charge >= 0.3 is 0 Å². The third kappa shape index (κ3) is 2.20. The van der Waals surface area contributed by atoms with Crippen molar-refractivity contribution >= 4 is 5.91 Å². The Labute approximate surface area is 102 Å². The van der Waals surface area contributed by atoms with Crippen LogP contribution >= 0.6 is 0 Å². The van der Waals surface area contributed by atoms with Crippen LogP contribution in [0, 0.1) is 12.8 Å². The summed E-state index contributed by atoms with van der Waals surface area (Å²) in [5.41, 5.74) is 7.17. The zero-order valence-corrected chi connectivity index (χ0v) is 10.7. The Morgan fingerprint density at radius 3 is 2.82 bits per heavy atom. The summed E-state index contributed by atoms with van der Waals surface area (Å²) >= 11 is 0. The minimum absolute atomic E-state index is 0.0825. The Morgan fingerprint density at radius 2 is 2.35 bits per heavy atom. The van der Waals surface area contributed by atoms with E-state index < -0.39 is 0 Å². The lowest BCUT2D eigenvalue weighted by Crippen LogP contribution is -2.34. The van der Waals surface area contributed by atoms with Crippen molar-refractivity contribution in [2.24, 2.45) is 18.7 Å². The number of nitrogens with zero attached hydrogens (tertiary/aromatic N) is 3. The van der Waals surface area contributed by atoms with Crippen LogP contribution in [0.3, 0.4) is 0 Å². The van der Waals surface area contributed by atoms with Gasteiger partial charge in [-0.3, -0.25) is 9.48 Å². The fraction of sp³-hybridized carbons (Fsp3) is 0.667. The third-order valence-corrected chi connectivity index (χ3v) is 3.50. The van der Waals surface area contributed by atoms with Crippen LogP contribution < -0.4 is 5.73 Å². The number of carbonyl (C=O) groups is 1. The molecule has 1 aliphatic heterocycles. The van der Waals surface area contributed by atoms with E-state index in [1.165, 1.54) is 0 Å².